The fraction of sp³-hybridized carbons (Fsp3) is 0.316. The summed E-state index contributed by atoms with van der Waals surface area (Å²) in [6, 6.07) is 8.92. The van der Waals surface area contributed by atoms with E-state index in [1.807, 2.05) is 19.1 Å². The molecule has 6 nitrogen and oxygen atoms in total. The zero-order valence-corrected chi connectivity index (χ0v) is 14.1. The van der Waals surface area contributed by atoms with Crippen molar-refractivity contribution < 1.29 is 19.1 Å². The first-order chi connectivity index (χ1) is 12.1. The van der Waals surface area contributed by atoms with Crippen LogP contribution in [-0.4, -0.2) is 29.9 Å². The van der Waals surface area contributed by atoms with Gasteiger partial charge in [0.2, 0.25) is 5.91 Å². The predicted molar refractivity (Wildman–Crippen MR) is 91.8 cm³/mol. The monoisotopic (exact) mass is 340 g/mol. The molecule has 2 aromatic rings. The number of carbonyl (C=O) groups is 2. The molecule has 1 aromatic heterocycles. The number of aryl methyl sites for hydroxylation is 1. The topological polar surface area (TPSA) is 77.5 Å². The van der Waals surface area contributed by atoms with Crippen molar-refractivity contribution in [1.29, 1.82) is 0 Å². The number of ether oxygens (including phenoxy) is 2. The van der Waals surface area contributed by atoms with Crippen LogP contribution < -0.4 is 14.8 Å². The molecule has 1 aliphatic rings. The van der Waals surface area contributed by atoms with Crippen LogP contribution >= 0.6 is 0 Å². The van der Waals surface area contributed by atoms with E-state index in [2.05, 4.69) is 10.3 Å². The van der Waals surface area contributed by atoms with Crippen LogP contribution in [0.3, 0.4) is 0 Å². The number of amides is 1. The highest BCUT2D eigenvalue weighted by Gasteiger charge is 2.15. The van der Waals surface area contributed by atoms with Gasteiger partial charge in [-0.2, -0.15) is 0 Å². The van der Waals surface area contributed by atoms with Gasteiger partial charge in [-0.1, -0.05) is 6.07 Å². The zero-order chi connectivity index (χ0) is 17.6. The summed E-state index contributed by atoms with van der Waals surface area (Å²) in [5.74, 6) is 0.969. The number of carbonyl (C=O) groups excluding carboxylic acids is 2. The molecule has 0 spiro atoms. The van der Waals surface area contributed by atoms with Crippen LogP contribution in [-0.2, 0) is 11.3 Å². The first-order valence-corrected chi connectivity index (χ1v) is 8.23. The largest absolute Gasteiger partial charge is 0.486 e. The number of benzene rings is 1. The Bertz CT molecular complexity index is 771. The summed E-state index contributed by atoms with van der Waals surface area (Å²) < 4.78 is 10.9. The molecule has 25 heavy (non-hydrogen) atoms. The van der Waals surface area contributed by atoms with Crippen molar-refractivity contribution in [3.8, 4) is 11.5 Å². The van der Waals surface area contributed by atoms with Gasteiger partial charge in [-0.05, 0) is 36.8 Å². The Balaban J connectivity index is 1.48. The maximum atomic E-state index is 12.3. The molecule has 1 aromatic carbocycles. The van der Waals surface area contributed by atoms with Gasteiger partial charge >= 0.3 is 0 Å². The van der Waals surface area contributed by atoms with Crippen LogP contribution in [0.2, 0.25) is 0 Å². The third-order valence-corrected chi connectivity index (χ3v) is 3.91. The Kier molecular flexibility index (Phi) is 5.28. The second-order valence-electron chi connectivity index (χ2n) is 5.87. The van der Waals surface area contributed by atoms with Gasteiger partial charge in [-0.3, -0.25) is 14.6 Å². The van der Waals surface area contributed by atoms with E-state index in [9.17, 15) is 9.59 Å². The number of aromatic nitrogens is 1. The minimum atomic E-state index is -0.161. The Morgan fingerprint density at radius 3 is 2.64 bits per heavy atom. The minimum absolute atomic E-state index is 0.0934. The van der Waals surface area contributed by atoms with Crippen LogP contribution in [0.15, 0.2) is 36.5 Å². The van der Waals surface area contributed by atoms with E-state index in [-0.39, 0.29) is 24.5 Å². The molecule has 0 aliphatic carbocycles. The Labute approximate surface area is 146 Å². The molecule has 0 atom stereocenters. The van der Waals surface area contributed by atoms with E-state index in [1.165, 1.54) is 0 Å². The number of nitrogens with one attached hydrogen (secondary N) is 1. The smallest absolute Gasteiger partial charge is 0.220 e. The average molecular weight is 340 g/mol. The number of nitrogens with zero attached hydrogens (tertiary/aromatic N) is 1. The highest BCUT2D eigenvalue weighted by molar-refractivity contribution is 5.98. The summed E-state index contributed by atoms with van der Waals surface area (Å²) >= 11 is 0. The van der Waals surface area contributed by atoms with Gasteiger partial charge in [0.25, 0.3) is 0 Å². The second-order valence-corrected chi connectivity index (χ2v) is 5.87. The molecule has 2 heterocycles. The summed E-state index contributed by atoms with van der Waals surface area (Å²) in [7, 11) is 0. The van der Waals surface area contributed by atoms with Gasteiger partial charge in [-0.25, -0.2) is 0 Å². The summed E-state index contributed by atoms with van der Waals surface area (Å²) in [6.07, 6.45) is 2.03. The first-order valence-electron chi connectivity index (χ1n) is 8.23. The molecular formula is C19H20N2O4. The molecule has 0 radical (unpaired) electrons. The molecule has 1 aliphatic heterocycles. The molecule has 0 bridgehead atoms. The molecule has 1 amide bonds. The normalized spacial score (nSPS) is 12.5. The van der Waals surface area contributed by atoms with Crippen LogP contribution in [0, 0.1) is 6.92 Å². The van der Waals surface area contributed by atoms with Crippen molar-refractivity contribution in [2.24, 2.45) is 0 Å². The molecule has 0 fully saturated rings. The number of Topliss-reactive ketones (excluding diaryl/α,β-unsaturated/α-hetero) is 1. The molecule has 0 saturated heterocycles. The van der Waals surface area contributed by atoms with E-state index in [0.29, 0.717) is 36.8 Å². The fourth-order valence-electron chi connectivity index (χ4n) is 2.48. The van der Waals surface area contributed by atoms with E-state index in [0.717, 1.165) is 11.3 Å². The maximum Gasteiger partial charge on any atom is 0.220 e. The highest BCUT2D eigenvalue weighted by Crippen LogP contribution is 2.31. The van der Waals surface area contributed by atoms with Crippen molar-refractivity contribution in [2.45, 2.75) is 26.3 Å². The maximum absolute atomic E-state index is 12.3. The Morgan fingerprint density at radius 1 is 1.08 bits per heavy atom. The van der Waals surface area contributed by atoms with Gasteiger partial charge < -0.3 is 14.8 Å². The standard InChI is InChI=1S/C19H20N2O4/c1-13-2-3-14(11-20-13)12-21-19(23)7-5-16(22)15-4-6-17-18(10-15)25-9-8-24-17/h2-4,6,10-11H,5,7-9,12H2,1H3,(H,21,23). The molecule has 3 rings (SSSR count). The second kappa shape index (κ2) is 7.79. The number of pyridine rings is 1. The van der Waals surface area contributed by atoms with Gasteiger partial charge in [0.15, 0.2) is 17.3 Å². The third kappa shape index (κ3) is 4.56. The molecule has 0 unspecified atom stereocenters. The Morgan fingerprint density at radius 2 is 1.88 bits per heavy atom. The van der Waals surface area contributed by atoms with Crippen molar-refractivity contribution in [3.05, 3.63) is 53.3 Å². The molecule has 6 heteroatoms. The fourth-order valence-corrected chi connectivity index (χ4v) is 2.48. The minimum Gasteiger partial charge on any atom is -0.486 e. The van der Waals surface area contributed by atoms with Crippen LogP contribution in [0.5, 0.6) is 11.5 Å². The number of fused-ring (bicyclic) bond motifs is 1. The number of hydrogen-bond donors (Lipinski definition) is 1. The number of ketones is 1. The molecular weight excluding hydrogens is 320 g/mol. The van der Waals surface area contributed by atoms with E-state index in [4.69, 9.17) is 9.47 Å². The summed E-state index contributed by atoms with van der Waals surface area (Å²) in [6.45, 7) is 3.30. The van der Waals surface area contributed by atoms with Crippen molar-refractivity contribution in [3.63, 3.8) is 0 Å². The summed E-state index contributed by atoms with van der Waals surface area (Å²) in [4.78, 5) is 28.4. The highest BCUT2D eigenvalue weighted by atomic mass is 16.6. The van der Waals surface area contributed by atoms with Crippen molar-refractivity contribution in [2.75, 3.05) is 13.2 Å². The summed E-state index contributed by atoms with van der Waals surface area (Å²) in [5, 5.41) is 2.80. The number of hydrogen-bond acceptors (Lipinski definition) is 5. The third-order valence-electron chi connectivity index (χ3n) is 3.91. The van der Waals surface area contributed by atoms with Crippen molar-refractivity contribution >= 4 is 11.7 Å². The summed E-state index contributed by atoms with van der Waals surface area (Å²) in [5.41, 5.74) is 2.39. The van der Waals surface area contributed by atoms with Gasteiger partial charge in [0.1, 0.15) is 13.2 Å². The first kappa shape index (κ1) is 17.0. The molecule has 130 valence electrons. The van der Waals surface area contributed by atoms with Crippen LogP contribution in [0.4, 0.5) is 0 Å². The van der Waals surface area contributed by atoms with Gasteiger partial charge in [0, 0.05) is 36.8 Å². The molecule has 1 N–H and O–H groups in total. The van der Waals surface area contributed by atoms with Crippen LogP contribution in [0.25, 0.3) is 0 Å². The van der Waals surface area contributed by atoms with Gasteiger partial charge in [0.05, 0.1) is 0 Å². The lowest BCUT2D eigenvalue weighted by Crippen LogP contribution is -2.23. The molecule has 0 saturated carbocycles. The van der Waals surface area contributed by atoms with E-state index < -0.39 is 0 Å². The lowest BCUT2D eigenvalue weighted by Gasteiger charge is -2.18. The lowest BCUT2D eigenvalue weighted by atomic mass is 10.1. The SMILES string of the molecule is Cc1ccc(CNC(=O)CCC(=O)c2ccc3c(c2)OCCO3)cn1. The number of rotatable bonds is 6. The predicted octanol–water partition coefficient (Wildman–Crippen LogP) is 2.44. The average Bonchev–Trinajstić information content (AvgIpc) is 2.65. The quantitative estimate of drug-likeness (QED) is 0.817. The lowest BCUT2D eigenvalue weighted by molar-refractivity contribution is -0.121. The van der Waals surface area contributed by atoms with E-state index in [1.54, 1.807) is 24.4 Å². The van der Waals surface area contributed by atoms with Gasteiger partial charge in [-0.15, -0.1) is 0 Å². The van der Waals surface area contributed by atoms with Crippen molar-refractivity contribution in [1.82, 2.24) is 10.3 Å². The Hall–Kier alpha value is -2.89. The van der Waals surface area contributed by atoms with Crippen LogP contribution in [0.1, 0.15) is 34.5 Å². The van der Waals surface area contributed by atoms with E-state index >= 15 is 0 Å². The zero-order valence-electron chi connectivity index (χ0n) is 14.1.